The lowest BCUT2D eigenvalue weighted by molar-refractivity contribution is 0.101. The summed E-state index contributed by atoms with van der Waals surface area (Å²) >= 11 is 0. The number of ether oxygens (including phenoxy) is 2. The lowest BCUT2D eigenvalue weighted by Gasteiger charge is -2.36. The number of carbonyl (C=O) groups is 1. The SMILES string of the molecule is COCCOc1ncccc1C(=O)Nc1ccc(N2CCC(N(C)C)CC2)c(F)c1. The van der Waals surface area contributed by atoms with Crippen LogP contribution in [0.2, 0.25) is 0 Å². The van der Waals surface area contributed by atoms with Gasteiger partial charge in [0.15, 0.2) is 0 Å². The predicted octanol–water partition coefficient (Wildman–Crippen LogP) is 3.03. The van der Waals surface area contributed by atoms with Crippen molar-refractivity contribution in [3.63, 3.8) is 0 Å². The van der Waals surface area contributed by atoms with Crippen molar-refractivity contribution in [2.45, 2.75) is 18.9 Å². The van der Waals surface area contributed by atoms with Gasteiger partial charge in [0.05, 0.1) is 12.3 Å². The summed E-state index contributed by atoms with van der Waals surface area (Å²) in [5.41, 5.74) is 1.23. The fourth-order valence-electron chi connectivity index (χ4n) is 3.56. The van der Waals surface area contributed by atoms with Crippen LogP contribution in [0.3, 0.4) is 0 Å². The Bertz CT molecular complexity index is 854. The number of piperidine rings is 1. The summed E-state index contributed by atoms with van der Waals surface area (Å²) in [6, 6.07) is 8.59. The number of halogens is 1. The topological polar surface area (TPSA) is 66.9 Å². The minimum absolute atomic E-state index is 0.216. The van der Waals surface area contributed by atoms with Crippen molar-refractivity contribution >= 4 is 17.3 Å². The van der Waals surface area contributed by atoms with Crippen LogP contribution < -0.4 is 15.0 Å². The molecule has 162 valence electrons. The van der Waals surface area contributed by atoms with Crippen LogP contribution in [0.1, 0.15) is 23.2 Å². The minimum atomic E-state index is -0.408. The molecule has 1 aliphatic heterocycles. The molecule has 30 heavy (non-hydrogen) atoms. The number of pyridine rings is 1. The molecule has 1 aromatic heterocycles. The maximum atomic E-state index is 14.8. The van der Waals surface area contributed by atoms with E-state index >= 15 is 0 Å². The number of carbonyl (C=O) groups excluding carboxylic acids is 1. The summed E-state index contributed by atoms with van der Waals surface area (Å²) in [7, 11) is 5.72. The molecule has 1 amide bonds. The third-order valence-electron chi connectivity index (χ3n) is 5.28. The highest BCUT2D eigenvalue weighted by Gasteiger charge is 2.23. The van der Waals surface area contributed by atoms with E-state index in [1.165, 1.54) is 6.07 Å². The second kappa shape index (κ2) is 10.4. The van der Waals surface area contributed by atoms with Crippen molar-refractivity contribution in [3.05, 3.63) is 47.9 Å². The average Bonchev–Trinajstić information content (AvgIpc) is 2.74. The number of amides is 1. The van der Waals surface area contributed by atoms with Gasteiger partial charge in [0.2, 0.25) is 5.88 Å². The molecule has 7 nitrogen and oxygen atoms in total. The van der Waals surface area contributed by atoms with Crippen molar-refractivity contribution < 1.29 is 18.7 Å². The Morgan fingerprint density at radius 2 is 2.03 bits per heavy atom. The highest BCUT2D eigenvalue weighted by Crippen LogP contribution is 2.27. The minimum Gasteiger partial charge on any atom is -0.475 e. The van der Waals surface area contributed by atoms with E-state index in [-0.39, 0.29) is 23.9 Å². The third kappa shape index (κ3) is 5.46. The Morgan fingerprint density at radius 1 is 1.27 bits per heavy atom. The van der Waals surface area contributed by atoms with Gasteiger partial charge < -0.3 is 24.6 Å². The number of nitrogens with one attached hydrogen (secondary N) is 1. The van der Waals surface area contributed by atoms with E-state index in [2.05, 4.69) is 34.2 Å². The molecule has 1 aliphatic rings. The van der Waals surface area contributed by atoms with E-state index in [0.29, 0.717) is 24.0 Å². The molecule has 1 saturated heterocycles. The van der Waals surface area contributed by atoms with Gasteiger partial charge in [-0.05, 0) is 57.3 Å². The molecule has 0 atom stereocenters. The highest BCUT2D eigenvalue weighted by molar-refractivity contribution is 6.05. The van der Waals surface area contributed by atoms with Gasteiger partial charge in [-0.1, -0.05) is 0 Å². The van der Waals surface area contributed by atoms with Crippen molar-refractivity contribution in [3.8, 4) is 5.88 Å². The third-order valence-corrected chi connectivity index (χ3v) is 5.28. The second-order valence-electron chi connectivity index (χ2n) is 7.50. The molecule has 0 saturated carbocycles. The van der Waals surface area contributed by atoms with Crippen LogP contribution in [0.4, 0.5) is 15.8 Å². The van der Waals surface area contributed by atoms with E-state index in [9.17, 15) is 9.18 Å². The number of hydrogen-bond donors (Lipinski definition) is 1. The van der Waals surface area contributed by atoms with E-state index in [4.69, 9.17) is 9.47 Å². The molecule has 1 aromatic carbocycles. The van der Waals surface area contributed by atoms with E-state index in [1.807, 2.05) is 0 Å². The molecule has 3 rings (SSSR count). The first kappa shape index (κ1) is 22.0. The summed E-state index contributed by atoms with van der Waals surface area (Å²) in [6.07, 6.45) is 3.54. The van der Waals surface area contributed by atoms with Crippen LogP contribution in [0.15, 0.2) is 36.5 Å². The number of aromatic nitrogens is 1. The summed E-state index contributed by atoms with van der Waals surface area (Å²) in [6.45, 7) is 2.28. The van der Waals surface area contributed by atoms with Gasteiger partial charge in [0.1, 0.15) is 18.0 Å². The van der Waals surface area contributed by atoms with Gasteiger partial charge in [-0.15, -0.1) is 0 Å². The van der Waals surface area contributed by atoms with Gasteiger partial charge in [0.25, 0.3) is 5.91 Å². The van der Waals surface area contributed by atoms with Crippen molar-refractivity contribution in [1.29, 1.82) is 0 Å². The Kier molecular flexibility index (Phi) is 7.59. The zero-order chi connectivity index (χ0) is 21.5. The second-order valence-corrected chi connectivity index (χ2v) is 7.50. The first-order valence-corrected chi connectivity index (χ1v) is 10.1. The van der Waals surface area contributed by atoms with Crippen LogP contribution in [0.25, 0.3) is 0 Å². The number of rotatable bonds is 8. The largest absolute Gasteiger partial charge is 0.475 e. The fraction of sp³-hybridized carbons (Fsp3) is 0.455. The number of anilines is 2. The normalized spacial score (nSPS) is 14.8. The van der Waals surface area contributed by atoms with Crippen molar-refractivity contribution in [2.75, 3.05) is 57.7 Å². The number of benzene rings is 1. The van der Waals surface area contributed by atoms with Crippen molar-refractivity contribution in [2.24, 2.45) is 0 Å². The van der Waals surface area contributed by atoms with Crippen LogP contribution in [-0.4, -0.2) is 69.3 Å². The smallest absolute Gasteiger partial charge is 0.261 e. The van der Waals surface area contributed by atoms with Crippen LogP contribution in [0.5, 0.6) is 5.88 Å². The quantitative estimate of drug-likeness (QED) is 0.668. The molecule has 0 spiro atoms. The van der Waals surface area contributed by atoms with Crippen molar-refractivity contribution in [1.82, 2.24) is 9.88 Å². The maximum Gasteiger partial charge on any atom is 0.261 e. The molecular weight excluding hydrogens is 387 g/mol. The van der Waals surface area contributed by atoms with E-state index in [0.717, 1.165) is 25.9 Å². The zero-order valence-electron chi connectivity index (χ0n) is 17.7. The Balaban J connectivity index is 1.66. The fourth-order valence-corrected chi connectivity index (χ4v) is 3.56. The Hall–Kier alpha value is -2.71. The van der Waals surface area contributed by atoms with E-state index < -0.39 is 5.91 Å². The molecule has 8 heteroatoms. The zero-order valence-corrected chi connectivity index (χ0v) is 17.7. The lowest BCUT2D eigenvalue weighted by Crippen LogP contribution is -2.42. The molecule has 0 bridgehead atoms. The van der Waals surface area contributed by atoms with E-state index in [1.54, 1.807) is 37.6 Å². The molecule has 2 aromatic rings. The van der Waals surface area contributed by atoms with Crippen LogP contribution in [-0.2, 0) is 4.74 Å². The molecule has 2 heterocycles. The highest BCUT2D eigenvalue weighted by atomic mass is 19.1. The molecule has 0 unspecified atom stereocenters. The summed E-state index contributed by atoms with van der Waals surface area (Å²) in [5.74, 6) is -0.541. The number of methoxy groups -OCH3 is 1. The van der Waals surface area contributed by atoms with Gasteiger partial charge in [-0.25, -0.2) is 9.37 Å². The van der Waals surface area contributed by atoms with Gasteiger partial charge >= 0.3 is 0 Å². The summed E-state index contributed by atoms with van der Waals surface area (Å²) in [5, 5.41) is 2.73. The first-order valence-electron chi connectivity index (χ1n) is 10.1. The molecule has 0 radical (unpaired) electrons. The molecule has 0 aliphatic carbocycles. The molecule has 1 N–H and O–H groups in total. The first-order chi connectivity index (χ1) is 14.5. The molecular formula is C22H29FN4O3. The predicted molar refractivity (Wildman–Crippen MR) is 115 cm³/mol. The maximum absolute atomic E-state index is 14.8. The summed E-state index contributed by atoms with van der Waals surface area (Å²) in [4.78, 5) is 21.0. The Labute approximate surface area is 176 Å². The number of nitrogens with zero attached hydrogens (tertiary/aromatic N) is 3. The van der Waals surface area contributed by atoms with Gasteiger partial charge in [-0.2, -0.15) is 0 Å². The summed E-state index contributed by atoms with van der Waals surface area (Å²) < 4.78 is 25.2. The monoisotopic (exact) mass is 416 g/mol. The van der Waals surface area contributed by atoms with Gasteiger partial charge in [0, 0.05) is 38.1 Å². The Morgan fingerprint density at radius 3 is 2.70 bits per heavy atom. The molecule has 1 fully saturated rings. The lowest BCUT2D eigenvalue weighted by atomic mass is 10.0. The number of hydrogen-bond acceptors (Lipinski definition) is 6. The van der Waals surface area contributed by atoms with Crippen LogP contribution >= 0.6 is 0 Å². The van der Waals surface area contributed by atoms with Gasteiger partial charge in [-0.3, -0.25) is 4.79 Å². The van der Waals surface area contributed by atoms with Crippen LogP contribution in [0, 0.1) is 5.82 Å². The standard InChI is InChI=1S/C22H29FN4O3/c1-26(2)17-8-11-27(12-9-17)20-7-6-16(15-19(20)23)25-21(28)18-5-4-10-24-22(18)30-14-13-29-3/h4-7,10,15,17H,8-9,11-14H2,1-3H3,(H,25,28). The average molecular weight is 416 g/mol.